The predicted octanol–water partition coefficient (Wildman–Crippen LogP) is 3.42. The molecule has 1 aliphatic rings. The van der Waals surface area contributed by atoms with Gasteiger partial charge in [0, 0.05) is 11.4 Å². The van der Waals surface area contributed by atoms with Gasteiger partial charge in [0.25, 0.3) is 5.78 Å². The van der Waals surface area contributed by atoms with Crippen LogP contribution in [0.3, 0.4) is 0 Å². The van der Waals surface area contributed by atoms with E-state index in [1.54, 1.807) is 13.0 Å². The number of hydrogen-bond donors (Lipinski definition) is 1. The molecule has 5 nitrogen and oxygen atoms in total. The first-order valence-electron chi connectivity index (χ1n) is 8.28. The van der Waals surface area contributed by atoms with Crippen LogP contribution in [0.15, 0.2) is 59.8 Å². The Hall–Kier alpha value is -3.13. The first-order valence-corrected chi connectivity index (χ1v) is 8.69. The van der Waals surface area contributed by atoms with Crippen molar-refractivity contribution >= 4 is 34.8 Å². The molecule has 2 aromatic carbocycles. The first kappa shape index (κ1) is 19.6. The number of allylic oxidation sites excluding steroid dienone is 1. The van der Waals surface area contributed by atoms with E-state index in [0.29, 0.717) is 16.9 Å². The summed E-state index contributed by atoms with van der Waals surface area (Å²) in [5, 5.41) is 3.20. The summed E-state index contributed by atoms with van der Waals surface area (Å²) in [6.45, 7) is 1.61. The van der Waals surface area contributed by atoms with Crippen molar-refractivity contribution in [3.05, 3.63) is 77.0 Å². The van der Waals surface area contributed by atoms with Gasteiger partial charge < -0.3 is 10.1 Å². The molecule has 1 atom stereocenters. The van der Waals surface area contributed by atoms with Gasteiger partial charge in [-0.2, -0.15) is 0 Å². The molecule has 0 saturated carbocycles. The van der Waals surface area contributed by atoms with Gasteiger partial charge in [-0.3, -0.25) is 9.69 Å². The predicted molar refractivity (Wildman–Crippen MR) is 103 cm³/mol. The highest BCUT2D eigenvalue weighted by atomic mass is 32.1. The van der Waals surface area contributed by atoms with Gasteiger partial charge in [-0.15, -0.1) is 0 Å². The summed E-state index contributed by atoms with van der Waals surface area (Å²) in [7, 11) is 1.10. The third kappa shape index (κ3) is 3.63. The second-order valence-electron chi connectivity index (χ2n) is 6.07. The molecule has 1 heterocycles. The molecule has 1 N–H and O–H groups in total. The van der Waals surface area contributed by atoms with E-state index >= 15 is 0 Å². The van der Waals surface area contributed by atoms with Gasteiger partial charge in [0.15, 0.2) is 5.11 Å². The first-order chi connectivity index (χ1) is 13.3. The summed E-state index contributed by atoms with van der Waals surface area (Å²) >= 11 is 5.43. The lowest BCUT2D eigenvalue weighted by molar-refractivity contribution is -0.150. The third-order valence-corrected chi connectivity index (χ3v) is 4.67. The molecule has 0 aromatic heterocycles. The molecule has 0 unspecified atom stereocenters. The molecule has 28 heavy (non-hydrogen) atoms. The van der Waals surface area contributed by atoms with Gasteiger partial charge in [-0.05, 0) is 61.1 Å². The molecule has 0 saturated heterocycles. The number of rotatable bonds is 4. The second kappa shape index (κ2) is 7.85. The number of carbonyl (C=O) groups excluding carboxylic acids is 2. The zero-order chi connectivity index (χ0) is 20.4. The number of anilines is 1. The minimum atomic E-state index is -1.05. The molecule has 0 bridgehead atoms. The lowest BCUT2D eigenvalue weighted by atomic mass is 9.91. The summed E-state index contributed by atoms with van der Waals surface area (Å²) < 4.78 is 31.6. The molecule has 8 heteroatoms. The minimum Gasteiger partial charge on any atom is -0.463 e. The van der Waals surface area contributed by atoms with E-state index in [2.05, 4.69) is 10.1 Å². The molecular weight excluding hydrogens is 386 g/mol. The van der Waals surface area contributed by atoms with E-state index in [-0.39, 0.29) is 10.7 Å². The molecule has 0 fully saturated rings. The number of methoxy groups -OCH3 is 1. The van der Waals surface area contributed by atoms with Gasteiger partial charge >= 0.3 is 5.97 Å². The number of esters is 1. The Balaban J connectivity index is 2.17. The van der Waals surface area contributed by atoms with Crippen LogP contribution in [0.25, 0.3) is 0 Å². The van der Waals surface area contributed by atoms with Crippen LogP contribution in [-0.4, -0.2) is 24.0 Å². The van der Waals surface area contributed by atoms with Crippen LogP contribution in [0, 0.1) is 11.6 Å². The Morgan fingerprint density at radius 2 is 1.79 bits per heavy atom. The summed E-state index contributed by atoms with van der Waals surface area (Å²) in [5.74, 6) is -2.85. The van der Waals surface area contributed by atoms with Crippen molar-refractivity contribution in [2.75, 3.05) is 12.0 Å². The van der Waals surface area contributed by atoms with E-state index < -0.39 is 29.4 Å². The van der Waals surface area contributed by atoms with Gasteiger partial charge in [0.05, 0.1) is 18.7 Å². The average molecular weight is 402 g/mol. The van der Waals surface area contributed by atoms with E-state index in [9.17, 15) is 18.4 Å². The van der Waals surface area contributed by atoms with Crippen LogP contribution in [0.5, 0.6) is 0 Å². The Morgan fingerprint density at radius 1 is 1.11 bits per heavy atom. The number of Topliss-reactive ketones (excluding diaryl/α,β-unsaturated/α-hetero) is 1. The molecule has 1 aliphatic heterocycles. The molecule has 0 radical (unpaired) electrons. The minimum absolute atomic E-state index is 0.0652. The number of halogens is 2. The average Bonchev–Trinajstić information content (AvgIpc) is 2.68. The second-order valence-corrected chi connectivity index (χ2v) is 6.46. The van der Waals surface area contributed by atoms with Crippen molar-refractivity contribution in [3.63, 3.8) is 0 Å². The topological polar surface area (TPSA) is 58.6 Å². The van der Waals surface area contributed by atoms with Crippen molar-refractivity contribution in [2.24, 2.45) is 0 Å². The van der Waals surface area contributed by atoms with Gasteiger partial charge in [0.2, 0.25) is 0 Å². The highest BCUT2D eigenvalue weighted by molar-refractivity contribution is 7.80. The van der Waals surface area contributed by atoms with Crippen LogP contribution in [0.1, 0.15) is 18.5 Å². The third-order valence-electron chi connectivity index (χ3n) is 4.37. The summed E-state index contributed by atoms with van der Waals surface area (Å²) in [5.41, 5.74) is 1.35. The standard InChI is InChI=1S/C20H16F2N2O3S/c1-11-16(18(25)19(26)27-2)17(12-4-3-5-14(22)10-12)23-20(28)24(11)15-8-6-13(21)7-9-15/h3-10,17H,1-2H3,(H,23,28)/t17-/m1/s1. The zero-order valence-electron chi connectivity index (χ0n) is 15.0. The fourth-order valence-electron chi connectivity index (χ4n) is 3.08. The van der Waals surface area contributed by atoms with Gasteiger partial charge in [0.1, 0.15) is 11.6 Å². The Kier molecular flexibility index (Phi) is 5.51. The number of nitrogens with zero attached hydrogens (tertiary/aromatic N) is 1. The van der Waals surface area contributed by atoms with Gasteiger partial charge in [-0.25, -0.2) is 13.6 Å². The lowest BCUT2D eigenvalue weighted by Gasteiger charge is -2.37. The molecule has 0 spiro atoms. The van der Waals surface area contributed by atoms with Crippen LogP contribution in [0.2, 0.25) is 0 Å². The van der Waals surface area contributed by atoms with Gasteiger partial charge in [-0.1, -0.05) is 12.1 Å². The van der Waals surface area contributed by atoms with E-state index in [1.807, 2.05) is 0 Å². The number of ether oxygens (including phenoxy) is 1. The molecule has 144 valence electrons. The number of hydrogen-bond acceptors (Lipinski definition) is 4. The Bertz CT molecular complexity index is 989. The van der Waals surface area contributed by atoms with Crippen molar-refractivity contribution in [1.29, 1.82) is 0 Å². The summed E-state index contributed by atoms with van der Waals surface area (Å²) in [6.07, 6.45) is 0. The summed E-state index contributed by atoms with van der Waals surface area (Å²) in [6, 6.07) is 10.3. The number of thiocarbonyl (C=S) groups is 1. The van der Waals surface area contributed by atoms with E-state index in [1.165, 1.54) is 47.4 Å². The molecular formula is C20H16F2N2O3S. The maximum Gasteiger partial charge on any atom is 0.379 e. The van der Waals surface area contributed by atoms with Crippen LogP contribution in [0.4, 0.5) is 14.5 Å². The van der Waals surface area contributed by atoms with Crippen molar-refractivity contribution in [3.8, 4) is 0 Å². The normalized spacial score (nSPS) is 16.6. The van der Waals surface area contributed by atoms with E-state index in [4.69, 9.17) is 12.2 Å². The molecule has 3 rings (SSSR count). The Labute approximate surface area is 165 Å². The molecule has 0 amide bonds. The Morgan fingerprint density at radius 3 is 2.39 bits per heavy atom. The SMILES string of the molecule is COC(=O)C(=O)C1=C(C)N(c2ccc(F)cc2)C(=S)N[C@@H]1c1cccc(F)c1. The summed E-state index contributed by atoms with van der Waals surface area (Å²) in [4.78, 5) is 26.2. The number of nitrogens with one attached hydrogen (secondary N) is 1. The fourth-order valence-corrected chi connectivity index (χ4v) is 3.44. The van der Waals surface area contributed by atoms with Crippen LogP contribution < -0.4 is 10.2 Å². The highest BCUT2D eigenvalue weighted by Crippen LogP contribution is 2.34. The van der Waals surface area contributed by atoms with Crippen LogP contribution in [-0.2, 0) is 14.3 Å². The largest absolute Gasteiger partial charge is 0.463 e. The quantitative estimate of drug-likeness (QED) is 0.481. The highest BCUT2D eigenvalue weighted by Gasteiger charge is 2.37. The number of carbonyl (C=O) groups is 2. The van der Waals surface area contributed by atoms with E-state index in [0.717, 1.165) is 7.11 Å². The zero-order valence-corrected chi connectivity index (χ0v) is 15.8. The number of ketones is 1. The van der Waals surface area contributed by atoms with Crippen molar-refractivity contribution in [1.82, 2.24) is 5.32 Å². The van der Waals surface area contributed by atoms with Crippen molar-refractivity contribution < 1.29 is 23.1 Å². The lowest BCUT2D eigenvalue weighted by Crippen LogP contribution is -2.48. The molecule has 0 aliphatic carbocycles. The number of benzene rings is 2. The maximum absolute atomic E-state index is 13.7. The van der Waals surface area contributed by atoms with Crippen LogP contribution >= 0.6 is 12.2 Å². The fraction of sp³-hybridized carbons (Fsp3) is 0.150. The monoisotopic (exact) mass is 402 g/mol. The van der Waals surface area contributed by atoms with Crippen molar-refractivity contribution in [2.45, 2.75) is 13.0 Å². The smallest absolute Gasteiger partial charge is 0.379 e. The maximum atomic E-state index is 13.7. The molecule has 2 aromatic rings.